The van der Waals surface area contributed by atoms with Crippen LogP contribution in [0, 0.1) is 5.82 Å². The van der Waals surface area contributed by atoms with Crippen molar-refractivity contribution in [1.82, 2.24) is 20.1 Å². The highest BCUT2D eigenvalue weighted by atomic mass is 19.1. The van der Waals surface area contributed by atoms with Gasteiger partial charge in [-0.25, -0.2) is 4.39 Å². The van der Waals surface area contributed by atoms with E-state index in [-0.39, 0.29) is 24.3 Å². The van der Waals surface area contributed by atoms with Crippen LogP contribution in [0.1, 0.15) is 31.2 Å². The molecule has 28 heavy (non-hydrogen) atoms. The molecule has 1 saturated heterocycles. The first kappa shape index (κ1) is 18.1. The monoisotopic (exact) mass is 382 g/mol. The number of hydrogen-bond donors (Lipinski definition) is 0. The molecule has 0 N–H and O–H groups in total. The number of benzene rings is 1. The van der Waals surface area contributed by atoms with Gasteiger partial charge in [0.15, 0.2) is 18.2 Å². The van der Waals surface area contributed by atoms with Gasteiger partial charge in [-0.1, -0.05) is 18.2 Å². The van der Waals surface area contributed by atoms with E-state index in [9.17, 15) is 9.18 Å². The number of piperidine rings is 1. The van der Waals surface area contributed by atoms with Gasteiger partial charge in [0, 0.05) is 12.7 Å². The lowest BCUT2D eigenvalue weighted by Crippen LogP contribution is -2.41. The zero-order valence-electron chi connectivity index (χ0n) is 15.1. The molecular formula is C20H19FN4O3. The molecule has 0 bridgehead atoms. The third kappa shape index (κ3) is 3.85. The van der Waals surface area contributed by atoms with Gasteiger partial charge in [0.1, 0.15) is 11.7 Å². The molecule has 1 aliphatic heterocycles. The molecule has 0 aliphatic carbocycles. The van der Waals surface area contributed by atoms with Crippen molar-refractivity contribution in [2.24, 2.45) is 0 Å². The molecule has 3 heterocycles. The Hall–Kier alpha value is -3.29. The number of para-hydroxylation sites is 1. The van der Waals surface area contributed by atoms with Gasteiger partial charge in [-0.15, -0.1) is 10.2 Å². The SMILES string of the molecule is O=C(COc1ccccc1F)N1CCCC[C@H]1c1nnc(-c2ccccn2)o1. The highest BCUT2D eigenvalue weighted by molar-refractivity contribution is 5.78. The molecule has 0 spiro atoms. The second-order valence-electron chi connectivity index (χ2n) is 6.48. The van der Waals surface area contributed by atoms with E-state index in [4.69, 9.17) is 9.15 Å². The van der Waals surface area contributed by atoms with Gasteiger partial charge in [0.05, 0.1) is 0 Å². The number of rotatable bonds is 5. The summed E-state index contributed by atoms with van der Waals surface area (Å²) in [4.78, 5) is 18.6. The fraction of sp³-hybridized carbons (Fsp3) is 0.300. The summed E-state index contributed by atoms with van der Waals surface area (Å²) in [7, 11) is 0. The second-order valence-corrected chi connectivity index (χ2v) is 6.48. The standard InChI is InChI=1S/C20H19FN4O3/c21-14-7-1-2-10-17(14)27-13-18(26)25-12-6-4-9-16(25)20-24-23-19(28-20)15-8-3-5-11-22-15/h1-3,5,7-8,10-11,16H,4,6,9,12-13H2/t16-/m0/s1. The number of amides is 1. The number of ether oxygens (including phenoxy) is 1. The van der Waals surface area contributed by atoms with Crippen LogP contribution in [0.4, 0.5) is 4.39 Å². The Balaban J connectivity index is 1.48. The van der Waals surface area contributed by atoms with Crippen LogP contribution in [0.5, 0.6) is 5.75 Å². The smallest absolute Gasteiger partial charge is 0.266 e. The fourth-order valence-corrected chi connectivity index (χ4v) is 3.23. The van der Waals surface area contributed by atoms with Crippen LogP contribution < -0.4 is 4.74 Å². The average molecular weight is 382 g/mol. The first-order chi connectivity index (χ1) is 13.7. The van der Waals surface area contributed by atoms with Crippen LogP contribution in [0.25, 0.3) is 11.6 Å². The lowest BCUT2D eigenvalue weighted by molar-refractivity contribution is -0.137. The Morgan fingerprint density at radius 2 is 2.04 bits per heavy atom. The first-order valence-electron chi connectivity index (χ1n) is 9.14. The van der Waals surface area contributed by atoms with E-state index in [0.717, 1.165) is 19.3 Å². The van der Waals surface area contributed by atoms with Crippen LogP contribution in [0.3, 0.4) is 0 Å². The minimum atomic E-state index is -0.498. The predicted molar refractivity (Wildman–Crippen MR) is 97.7 cm³/mol. The number of aromatic nitrogens is 3. The van der Waals surface area contributed by atoms with Crippen molar-refractivity contribution in [2.75, 3.05) is 13.2 Å². The summed E-state index contributed by atoms with van der Waals surface area (Å²) in [6.07, 6.45) is 4.19. The largest absolute Gasteiger partial charge is 0.481 e. The molecule has 3 aromatic rings. The molecule has 0 radical (unpaired) electrons. The first-order valence-corrected chi connectivity index (χ1v) is 9.14. The number of hydrogen-bond acceptors (Lipinski definition) is 6. The number of nitrogens with zero attached hydrogens (tertiary/aromatic N) is 4. The van der Waals surface area contributed by atoms with Crippen molar-refractivity contribution in [2.45, 2.75) is 25.3 Å². The van der Waals surface area contributed by atoms with Crippen LogP contribution in [-0.2, 0) is 4.79 Å². The summed E-state index contributed by atoms with van der Waals surface area (Å²) in [5.41, 5.74) is 0.581. The van der Waals surface area contributed by atoms with E-state index >= 15 is 0 Å². The van der Waals surface area contributed by atoms with E-state index in [0.29, 0.717) is 24.0 Å². The maximum Gasteiger partial charge on any atom is 0.266 e. The predicted octanol–water partition coefficient (Wildman–Crippen LogP) is 3.40. The van der Waals surface area contributed by atoms with Crippen molar-refractivity contribution in [3.8, 4) is 17.3 Å². The molecule has 1 amide bonds. The quantitative estimate of drug-likeness (QED) is 0.673. The summed E-state index contributed by atoms with van der Waals surface area (Å²) in [6.45, 7) is 0.310. The normalized spacial score (nSPS) is 16.8. The maximum absolute atomic E-state index is 13.7. The van der Waals surface area contributed by atoms with Crippen LogP contribution in [0.15, 0.2) is 53.1 Å². The number of likely N-dealkylation sites (tertiary alicyclic amines) is 1. The third-order valence-corrected chi connectivity index (χ3v) is 4.62. The van der Waals surface area contributed by atoms with Crippen molar-refractivity contribution < 1.29 is 18.3 Å². The molecule has 8 heteroatoms. The zero-order valence-corrected chi connectivity index (χ0v) is 15.1. The highest BCUT2D eigenvalue weighted by Crippen LogP contribution is 2.31. The zero-order chi connectivity index (χ0) is 19.3. The van der Waals surface area contributed by atoms with Crippen molar-refractivity contribution >= 4 is 5.91 Å². The molecule has 7 nitrogen and oxygen atoms in total. The number of halogens is 1. The number of pyridine rings is 1. The molecule has 144 valence electrons. The molecule has 1 aliphatic rings. The maximum atomic E-state index is 13.7. The van der Waals surface area contributed by atoms with Gasteiger partial charge in [-0.2, -0.15) is 0 Å². The third-order valence-electron chi connectivity index (χ3n) is 4.62. The molecule has 1 fully saturated rings. The summed E-state index contributed by atoms with van der Waals surface area (Å²) >= 11 is 0. The minimum absolute atomic E-state index is 0.0552. The fourth-order valence-electron chi connectivity index (χ4n) is 3.23. The summed E-state index contributed by atoms with van der Waals surface area (Å²) < 4.78 is 24.9. The Morgan fingerprint density at radius 3 is 2.86 bits per heavy atom. The Kier molecular flexibility index (Phi) is 5.27. The highest BCUT2D eigenvalue weighted by Gasteiger charge is 2.32. The molecular weight excluding hydrogens is 363 g/mol. The molecule has 2 aromatic heterocycles. The summed E-state index contributed by atoms with van der Waals surface area (Å²) in [5, 5.41) is 8.19. The van der Waals surface area contributed by atoms with E-state index in [1.807, 2.05) is 6.07 Å². The lowest BCUT2D eigenvalue weighted by Gasteiger charge is -2.33. The van der Waals surface area contributed by atoms with E-state index in [1.165, 1.54) is 12.1 Å². The van der Waals surface area contributed by atoms with Crippen LogP contribution >= 0.6 is 0 Å². The topological polar surface area (TPSA) is 81.4 Å². The van der Waals surface area contributed by atoms with Gasteiger partial charge in [-0.05, 0) is 43.5 Å². The summed E-state index contributed by atoms with van der Waals surface area (Å²) in [6, 6.07) is 11.1. The van der Waals surface area contributed by atoms with Crippen LogP contribution in [0.2, 0.25) is 0 Å². The average Bonchev–Trinajstić information content (AvgIpc) is 3.24. The van der Waals surface area contributed by atoms with Gasteiger partial charge in [0.2, 0.25) is 5.89 Å². The second kappa shape index (κ2) is 8.16. The minimum Gasteiger partial charge on any atom is -0.481 e. The van der Waals surface area contributed by atoms with Crippen LogP contribution in [-0.4, -0.2) is 39.1 Å². The van der Waals surface area contributed by atoms with Crippen molar-refractivity contribution in [1.29, 1.82) is 0 Å². The van der Waals surface area contributed by atoms with E-state index in [2.05, 4.69) is 15.2 Å². The number of carbonyl (C=O) groups excluding carboxylic acids is 1. The van der Waals surface area contributed by atoms with E-state index < -0.39 is 5.82 Å². The van der Waals surface area contributed by atoms with Gasteiger partial charge in [-0.3, -0.25) is 9.78 Å². The van der Waals surface area contributed by atoms with Gasteiger partial charge < -0.3 is 14.1 Å². The Bertz CT molecular complexity index is 947. The van der Waals surface area contributed by atoms with E-state index in [1.54, 1.807) is 35.4 Å². The Labute approximate surface area is 161 Å². The van der Waals surface area contributed by atoms with Gasteiger partial charge in [0.25, 0.3) is 11.8 Å². The lowest BCUT2D eigenvalue weighted by atomic mass is 10.0. The molecule has 1 atom stereocenters. The van der Waals surface area contributed by atoms with Crippen molar-refractivity contribution in [3.05, 3.63) is 60.4 Å². The molecule has 4 rings (SSSR count). The van der Waals surface area contributed by atoms with Gasteiger partial charge >= 0.3 is 0 Å². The summed E-state index contributed by atoms with van der Waals surface area (Å²) in [5.74, 6) is 0.00310. The van der Waals surface area contributed by atoms with Crippen molar-refractivity contribution in [3.63, 3.8) is 0 Å². The number of carbonyl (C=O) groups is 1. The molecule has 0 saturated carbocycles. The Morgan fingerprint density at radius 1 is 1.18 bits per heavy atom. The molecule has 1 aromatic carbocycles. The molecule has 0 unspecified atom stereocenters.